The van der Waals surface area contributed by atoms with Gasteiger partial charge in [-0.3, -0.25) is 9.59 Å². The number of nitrogens with zero attached hydrogens (tertiary/aromatic N) is 3. The molecule has 24 heavy (non-hydrogen) atoms. The molecule has 1 unspecified atom stereocenters. The number of carbonyl (C=O) groups is 2. The van der Waals surface area contributed by atoms with Crippen molar-refractivity contribution in [3.05, 3.63) is 18.0 Å². The summed E-state index contributed by atoms with van der Waals surface area (Å²) in [5.41, 5.74) is 0.191. The predicted molar refractivity (Wildman–Crippen MR) is 88.7 cm³/mol. The highest BCUT2D eigenvalue weighted by Gasteiger charge is 2.35. The fourth-order valence-corrected chi connectivity index (χ4v) is 3.46. The van der Waals surface area contributed by atoms with Crippen molar-refractivity contribution in [2.24, 2.45) is 18.1 Å². The molecule has 2 N–H and O–H groups in total. The number of rotatable bonds is 4. The number of nitrogens with two attached hydrogens (primary N) is 1. The van der Waals surface area contributed by atoms with Crippen molar-refractivity contribution in [3.63, 3.8) is 0 Å². The van der Waals surface area contributed by atoms with Crippen molar-refractivity contribution in [2.45, 2.75) is 31.7 Å². The molecule has 0 saturated carbocycles. The Bertz CT molecular complexity index is 754. The average molecular weight is 356 g/mol. The van der Waals surface area contributed by atoms with Gasteiger partial charge in [0.25, 0.3) is 5.91 Å². The highest BCUT2D eigenvalue weighted by Crippen LogP contribution is 2.19. The molecule has 8 nitrogen and oxygen atoms in total. The summed E-state index contributed by atoms with van der Waals surface area (Å²) in [5, 5.41) is 5.10. The van der Waals surface area contributed by atoms with Gasteiger partial charge in [-0.25, -0.2) is 13.6 Å². The number of hydrogen-bond acceptors (Lipinski definition) is 4. The molecule has 9 heteroatoms. The van der Waals surface area contributed by atoms with Gasteiger partial charge in [-0.15, -0.1) is 0 Å². The highest BCUT2D eigenvalue weighted by atomic mass is 32.2. The fourth-order valence-electron chi connectivity index (χ4n) is 2.88. The van der Waals surface area contributed by atoms with Crippen LogP contribution in [-0.4, -0.2) is 60.3 Å². The molecule has 1 aliphatic rings. The maximum absolute atomic E-state index is 12.7. The number of sulfonamides is 1. The van der Waals surface area contributed by atoms with Gasteiger partial charge < -0.3 is 14.4 Å². The SMILES string of the molecule is CC(C)CN1CCN(C(=O)c2cc(S(N)(=O)=O)cn2C)C(C)C1=O. The monoisotopic (exact) mass is 356 g/mol. The summed E-state index contributed by atoms with van der Waals surface area (Å²) in [7, 11) is -2.31. The lowest BCUT2D eigenvalue weighted by atomic mass is 10.1. The molecule has 1 aromatic rings. The minimum absolute atomic E-state index is 0.0934. The van der Waals surface area contributed by atoms with Gasteiger partial charge in [-0.2, -0.15) is 0 Å². The second-order valence-corrected chi connectivity index (χ2v) is 8.13. The Morgan fingerprint density at radius 2 is 2.00 bits per heavy atom. The Morgan fingerprint density at radius 1 is 1.38 bits per heavy atom. The van der Waals surface area contributed by atoms with E-state index in [0.29, 0.717) is 25.6 Å². The summed E-state index contributed by atoms with van der Waals surface area (Å²) in [6, 6.07) is 0.660. The zero-order chi connectivity index (χ0) is 18.2. The number of aromatic nitrogens is 1. The van der Waals surface area contributed by atoms with Crippen molar-refractivity contribution in [1.82, 2.24) is 14.4 Å². The van der Waals surface area contributed by atoms with Gasteiger partial charge in [0.05, 0.1) is 0 Å². The summed E-state index contributed by atoms with van der Waals surface area (Å²) in [4.78, 5) is 28.3. The topological polar surface area (TPSA) is 106 Å². The first-order chi connectivity index (χ1) is 11.0. The summed E-state index contributed by atoms with van der Waals surface area (Å²) in [6.45, 7) is 7.30. The van der Waals surface area contributed by atoms with E-state index in [1.165, 1.54) is 21.7 Å². The zero-order valence-electron chi connectivity index (χ0n) is 14.4. The van der Waals surface area contributed by atoms with Crippen LogP contribution in [0.4, 0.5) is 0 Å². The number of amides is 2. The van der Waals surface area contributed by atoms with E-state index in [0.717, 1.165) is 0 Å². The molecule has 1 fully saturated rings. The maximum Gasteiger partial charge on any atom is 0.271 e. The molecule has 1 aliphatic heterocycles. The molecular weight excluding hydrogens is 332 g/mol. The van der Waals surface area contributed by atoms with Gasteiger partial charge in [0, 0.05) is 32.9 Å². The van der Waals surface area contributed by atoms with E-state index in [4.69, 9.17) is 5.14 Å². The van der Waals surface area contributed by atoms with Gasteiger partial charge in [-0.1, -0.05) is 13.8 Å². The Kier molecular flexibility index (Phi) is 5.05. The standard InChI is InChI=1S/C15H24N4O4S/c1-10(2)8-18-5-6-19(11(3)14(18)20)15(21)13-7-12(9-17(13)4)24(16,22)23/h7,9-11H,5-6,8H2,1-4H3,(H2,16,22,23). The van der Waals surface area contributed by atoms with Crippen LogP contribution in [-0.2, 0) is 21.9 Å². The summed E-state index contributed by atoms with van der Waals surface area (Å²) >= 11 is 0. The van der Waals surface area contributed by atoms with E-state index >= 15 is 0 Å². The normalized spacial score (nSPS) is 19.2. The number of primary sulfonamides is 1. The van der Waals surface area contributed by atoms with Crippen LogP contribution in [0.3, 0.4) is 0 Å². The number of hydrogen-bond donors (Lipinski definition) is 1. The first-order valence-electron chi connectivity index (χ1n) is 7.81. The van der Waals surface area contributed by atoms with Crippen LogP contribution in [0.2, 0.25) is 0 Å². The minimum atomic E-state index is -3.88. The molecule has 2 amide bonds. The van der Waals surface area contributed by atoms with E-state index in [1.807, 2.05) is 13.8 Å². The average Bonchev–Trinajstić information content (AvgIpc) is 2.85. The van der Waals surface area contributed by atoms with Gasteiger partial charge >= 0.3 is 0 Å². The van der Waals surface area contributed by atoms with Crippen LogP contribution >= 0.6 is 0 Å². The van der Waals surface area contributed by atoms with Crippen LogP contribution in [0.1, 0.15) is 31.3 Å². The van der Waals surface area contributed by atoms with E-state index in [9.17, 15) is 18.0 Å². The third-order valence-electron chi connectivity index (χ3n) is 4.12. The van der Waals surface area contributed by atoms with Crippen LogP contribution < -0.4 is 5.14 Å². The second kappa shape index (κ2) is 6.56. The van der Waals surface area contributed by atoms with E-state index in [-0.39, 0.29) is 22.4 Å². The Morgan fingerprint density at radius 3 is 2.50 bits per heavy atom. The second-order valence-electron chi connectivity index (χ2n) is 6.57. The minimum Gasteiger partial charge on any atom is -0.345 e. The van der Waals surface area contributed by atoms with Gasteiger partial charge in [0.2, 0.25) is 15.9 Å². The van der Waals surface area contributed by atoms with Crippen molar-refractivity contribution in [1.29, 1.82) is 0 Å². The van der Waals surface area contributed by atoms with Crippen molar-refractivity contribution < 1.29 is 18.0 Å². The van der Waals surface area contributed by atoms with Crippen LogP contribution in [0.25, 0.3) is 0 Å². The summed E-state index contributed by atoms with van der Waals surface area (Å²) in [5.74, 6) is -0.116. The zero-order valence-corrected chi connectivity index (χ0v) is 15.2. The molecule has 2 heterocycles. The lowest BCUT2D eigenvalue weighted by molar-refractivity contribution is -0.140. The Hall–Kier alpha value is -1.87. The Balaban J connectivity index is 2.22. The van der Waals surface area contributed by atoms with Gasteiger partial charge in [-0.05, 0) is 18.9 Å². The first-order valence-corrected chi connectivity index (χ1v) is 9.36. The van der Waals surface area contributed by atoms with E-state index in [2.05, 4.69) is 0 Å². The molecule has 1 aromatic heterocycles. The molecule has 0 radical (unpaired) electrons. The molecule has 134 valence electrons. The summed E-state index contributed by atoms with van der Waals surface area (Å²) in [6.07, 6.45) is 1.30. The smallest absolute Gasteiger partial charge is 0.271 e. The molecule has 2 rings (SSSR count). The van der Waals surface area contributed by atoms with Gasteiger partial charge in [0.15, 0.2) is 0 Å². The largest absolute Gasteiger partial charge is 0.345 e. The molecule has 0 aromatic carbocycles. The predicted octanol–water partition coefficient (Wildman–Crippen LogP) is 0.00140. The number of carbonyl (C=O) groups excluding carboxylic acids is 2. The summed E-state index contributed by atoms with van der Waals surface area (Å²) < 4.78 is 24.3. The van der Waals surface area contributed by atoms with Crippen LogP contribution in [0.5, 0.6) is 0 Å². The Labute approximate surface area is 142 Å². The molecule has 0 bridgehead atoms. The molecule has 1 atom stereocenters. The van der Waals surface area contributed by atoms with Crippen LogP contribution in [0, 0.1) is 5.92 Å². The highest BCUT2D eigenvalue weighted by molar-refractivity contribution is 7.89. The molecule has 0 aliphatic carbocycles. The molecule has 1 saturated heterocycles. The maximum atomic E-state index is 12.7. The van der Waals surface area contributed by atoms with Crippen molar-refractivity contribution >= 4 is 21.8 Å². The molecule has 0 spiro atoms. The van der Waals surface area contributed by atoms with Crippen molar-refractivity contribution in [3.8, 4) is 0 Å². The van der Waals surface area contributed by atoms with Crippen molar-refractivity contribution in [2.75, 3.05) is 19.6 Å². The number of aryl methyl sites for hydroxylation is 1. The quantitative estimate of drug-likeness (QED) is 0.819. The van der Waals surface area contributed by atoms with Crippen LogP contribution in [0.15, 0.2) is 17.2 Å². The third kappa shape index (κ3) is 3.62. The molecular formula is C15H24N4O4S. The number of piperazine rings is 1. The van der Waals surface area contributed by atoms with E-state index in [1.54, 1.807) is 18.9 Å². The fraction of sp³-hybridized carbons (Fsp3) is 0.600. The van der Waals surface area contributed by atoms with E-state index < -0.39 is 16.1 Å². The lowest BCUT2D eigenvalue weighted by Gasteiger charge is -2.39. The lowest BCUT2D eigenvalue weighted by Crippen LogP contribution is -2.58. The third-order valence-corrected chi connectivity index (χ3v) is 5.00. The van der Waals surface area contributed by atoms with Gasteiger partial charge in [0.1, 0.15) is 16.6 Å². The first kappa shape index (κ1) is 18.5.